The Labute approximate surface area is 89.5 Å². The molecular formula is C9H18N4S. The van der Waals surface area contributed by atoms with E-state index in [9.17, 15) is 0 Å². The number of nitrogens with zero attached hydrogens (tertiary/aromatic N) is 3. The highest BCUT2D eigenvalue weighted by molar-refractivity contribution is 7.98. The molecule has 0 aliphatic rings. The Morgan fingerprint density at radius 3 is 3.14 bits per heavy atom. The molecule has 1 heterocycles. The summed E-state index contributed by atoms with van der Waals surface area (Å²) < 4.78 is 1.97. The van der Waals surface area contributed by atoms with Gasteiger partial charge in [0.15, 0.2) is 0 Å². The lowest BCUT2D eigenvalue weighted by Crippen LogP contribution is -2.18. The zero-order chi connectivity index (χ0) is 10.2. The molecule has 1 rings (SSSR count). The van der Waals surface area contributed by atoms with Crippen LogP contribution in [0.2, 0.25) is 0 Å². The minimum Gasteiger partial charge on any atom is -0.310 e. The van der Waals surface area contributed by atoms with Gasteiger partial charge in [0.25, 0.3) is 0 Å². The van der Waals surface area contributed by atoms with E-state index >= 15 is 0 Å². The second-order valence-electron chi connectivity index (χ2n) is 3.07. The molecule has 0 amide bonds. The highest BCUT2D eigenvalue weighted by Crippen LogP contribution is 1.98. The van der Waals surface area contributed by atoms with Gasteiger partial charge in [-0.3, -0.25) is 0 Å². The molecule has 1 aromatic heterocycles. The third kappa shape index (κ3) is 3.67. The number of aromatic nitrogens is 3. The van der Waals surface area contributed by atoms with Crippen molar-refractivity contribution in [2.75, 3.05) is 18.6 Å². The lowest BCUT2D eigenvalue weighted by molar-refractivity contribution is 0.574. The summed E-state index contributed by atoms with van der Waals surface area (Å²) in [7, 11) is 0. The van der Waals surface area contributed by atoms with E-state index in [0.29, 0.717) is 0 Å². The van der Waals surface area contributed by atoms with Crippen molar-refractivity contribution in [3.8, 4) is 0 Å². The van der Waals surface area contributed by atoms with E-state index in [1.165, 1.54) is 0 Å². The first kappa shape index (κ1) is 11.5. The van der Waals surface area contributed by atoms with Gasteiger partial charge < -0.3 is 5.32 Å². The fraction of sp³-hybridized carbons (Fsp3) is 0.778. The Morgan fingerprint density at radius 1 is 1.57 bits per heavy atom. The van der Waals surface area contributed by atoms with Crippen molar-refractivity contribution >= 4 is 11.8 Å². The van der Waals surface area contributed by atoms with Crippen molar-refractivity contribution < 1.29 is 0 Å². The lowest BCUT2D eigenvalue weighted by Gasteiger charge is -2.05. The molecule has 0 bridgehead atoms. The average Bonchev–Trinajstić information content (AvgIpc) is 2.63. The minimum absolute atomic E-state index is 0.822. The van der Waals surface area contributed by atoms with Crippen LogP contribution in [0.25, 0.3) is 0 Å². The maximum absolute atomic E-state index is 4.22. The van der Waals surface area contributed by atoms with Gasteiger partial charge in [-0.25, -0.2) is 9.67 Å². The second-order valence-corrected chi connectivity index (χ2v) is 4.05. The van der Waals surface area contributed by atoms with Gasteiger partial charge >= 0.3 is 0 Å². The fourth-order valence-corrected chi connectivity index (χ4v) is 1.52. The van der Waals surface area contributed by atoms with Crippen LogP contribution < -0.4 is 5.32 Å². The van der Waals surface area contributed by atoms with Crippen molar-refractivity contribution in [3.05, 3.63) is 12.2 Å². The summed E-state index contributed by atoms with van der Waals surface area (Å²) in [6, 6.07) is 0. The molecule has 0 aliphatic heterocycles. The Balaban J connectivity index is 2.37. The molecule has 0 aromatic carbocycles. The van der Waals surface area contributed by atoms with Crippen molar-refractivity contribution in [2.45, 2.75) is 26.4 Å². The van der Waals surface area contributed by atoms with Gasteiger partial charge in [0.2, 0.25) is 0 Å². The van der Waals surface area contributed by atoms with Crippen molar-refractivity contribution in [3.63, 3.8) is 0 Å². The second kappa shape index (κ2) is 6.84. The molecule has 4 nitrogen and oxygen atoms in total. The molecule has 0 aliphatic carbocycles. The largest absolute Gasteiger partial charge is 0.310 e. The Morgan fingerprint density at radius 2 is 2.43 bits per heavy atom. The van der Waals surface area contributed by atoms with Crippen molar-refractivity contribution in [1.82, 2.24) is 20.1 Å². The zero-order valence-corrected chi connectivity index (χ0v) is 9.68. The van der Waals surface area contributed by atoms with Crippen LogP contribution in [0.3, 0.4) is 0 Å². The summed E-state index contributed by atoms with van der Waals surface area (Å²) in [6.45, 7) is 4.97. The predicted octanol–water partition coefficient (Wildman–Crippen LogP) is 1.14. The number of rotatable bonds is 7. The van der Waals surface area contributed by atoms with Gasteiger partial charge in [-0.15, -0.1) is 0 Å². The molecular weight excluding hydrogens is 196 g/mol. The van der Waals surface area contributed by atoms with E-state index in [1.54, 1.807) is 6.33 Å². The van der Waals surface area contributed by atoms with Gasteiger partial charge in [0.1, 0.15) is 12.2 Å². The summed E-state index contributed by atoms with van der Waals surface area (Å²) in [5, 5.41) is 7.51. The van der Waals surface area contributed by atoms with Crippen LogP contribution >= 0.6 is 11.8 Å². The molecule has 0 saturated carbocycles. The predicted molar refractivity (Wildman–Crippen MR) is 60.4 cm³/mol. The van der Waals surface area contributed by atoms with Gasteiger partial charge in [0, 0.05) is 5.75 Å². The fourth-order valence-electron chi connectivity index (χ4n) is 1.17. The van der Waals surface area contributed by atoms with Crippen LogP contribution in [0, 0.1) is 0 Å². The van der Waals surface area contributed by atoms with Gasteiger partial charge in [-0.1, -0.05) is 6.92 Å². The Kier molecular flexibility index (Phi) is 5.63. The van der Waals surface area contributed by atoms with Gasteiger partial charge in [0.05, 0.1) is 13.1 Å². The highest BCUT2D eigenvalue weighted by atomic mass is 32.2. The van der Waals surface area contributed by atoms with Crippen molar-refractivity contribution in [1.29, 1.82) is 0 Å². The van der Waals surface area contributed by atoms with E-state index in [4.69, 9.17) is 0 Å². The molecule has 0 unspecified atom stereocenters. The van der Waals surface area contributed by atoms with E-state index < -0.39 is 0 Å². The zero-order valence-electron chi connectivity index (χ0n) is 8.86. The summed E-state index contributed by atoms with van der Waals surface area (Å²) in [5.74, 6) is 2.12. The SMILES string of the molecule is CCCNCc1ncnn1CCSC. The number of aryl methyl sites for hydroxylation is 1. The Bertz CT molecular complexity index is 249. The van der Waals surface area contributed by atoms with Crippen LogP contribution in [-0.2, 0) is 13.1 Å². The van der Waals surface area contributed by atoms with Gasteiger partial charge in [-0.05, 0) is 19.2 Å². The molecule has 0 spiro atoms. The van der Waals surface area contributed by atoms with Crippen LogP contribution in [0.4, 0.5) is 0 Å². The molecule has 0 saturated heterocycles. The van der Waals surface area contributed by atoms with Crippen molar-refractivity contribution in [2.24, 2.45) is 0 Å². The molecule has 14 heavy (non-hydrogen) atoms. The number of nitrogens with one attached hydrogen (secondary N) is 1. The van der Waals surface area contributed by atoms with E-state index in [0.717, 1.165) is 37.6 Å². The monoisotopic (exact) mass is 214 g/mol. The van der Waals surface area contributed by atoms with E-state index in [2.05, 4.69) is 28.6 Å². The van der Waals surface area contributed by atoms with Crippen LogP contribution in [0.15, 0.2) is 6.33 Å². The number of thioether (sulfide) groups is 1. The number of hydrogen-bond donors (Lipinski definition) is 1. The Hall–Kier alpha value is -0.550. The molecule has 5 heteroatoms. The molecule has 1 N–H and O–H groups in total. The molecule has 80 valence electrons. The molecule has 1 aromatic rings. The lowest BCUT2D eigenvalue weighted by atomic mass is 10.4. The van der Waals surface area contributed by atoms with E-state index in [1.807, 2.05) is 16.4 Å². The first-order valence-corrected chi connectivity index (χ1v) is 6.34. The van der Waals surface area contributed by atoms with Crippen LogP contribution in [0.1, 0.15) is 19.2 Å². The first-order valence-electron chi connectivity index (χ1n) is 4.94. The summed E-state index contributed by atoms with van der Waals surface area (Å²) in [6.07, 6.45) is 4.88. The third-order valence-electron chi connectivity index (χ3n) is 1.91. The van der Waals surface area contributed by atoms with Crippen LogP contribution in [-0.4, -0.2) is 33.3 Å². The first-order chi connectivity index (χ1) is 6.88. The average molecular weight is 214 g/mol. The third-order valence-corrected chi connectivity index (χ3v) is 2.50. The van der Waals surface area contributed by atoms with Gasteiger partial charge in [-0.2, -0.15) is 16.9 Å². The molecule has 0 atom stereocenters. The highest BCUT2D eigenvalue weighted by Gasteiger charge is 2.02. The minimum atomic E-state index is 0.822. The quantitative estimate of drug-likeness (QED) is 0.691. The summed E-state index contributed by atoms with van der Waals surface area (Å²) in [5.41, 5.74) is 0. The topological polar surface area (TPSA) is 42.7 Å². The van der Waals surface area contributed by atoms with E-state index in [-0.39, 0.29) is 0 Å². The molecule has 0 radical (unpaired) electrons. The summed E-state index contributed by atoms with van der Waals surface area (Å²) in [4.78, 5) is 4.22. The smallest absolute Gasteiger partial charge is 0.140 e. The number of hydrogen-bond acceptors (Lipinski definition) is 4. The van der Waals surface area contributed by atoms with Crippen LogP contribution in [0.5, 0.6) is 0 Å². The normalized spacial score (nSPS) is 10.7. The molecule has 0 fully saturated rings. The maximum atomic E-state index is 4.22. The standard InChI is InChI=1S/C9H18N4S/c1-3-4-10-7-9-11-8-12-13(9)5-6-14-2/h8,10H,3-7H2,1-2H3. The summed E-state index contributed by atoms with van der Waals surface area (Å²) >= 11 is 1.83. The maximum Gasteiger partial charge on any atom is 0.140 e.